The molecule has 0 unspecified atom stereocenters. The van der Waals surface area contributed by atoms with E-state index < -0.39 is 0 Å². The van der Waals surface area contributed by atoms with Crippen LogP contribution in [0.2, 0.25) is 0 Å². The van der Waals surface area contributed by atoms with E-state index in [1.54, 1.807) is 30.9 Å². The highest BCUT2D eigenvalue weighted by Gasteiger charge is 2.19. The summed E-state index contributed by atoms with van der Waals surface area (Å²) in [5.74, 6) is 2.46. The summed E-state index contributed by atoms with van der Waals surface area (Å²) in [6.07, 6.45) is 5.14. The molecular formula is C31H40N4O7S. The molecule has 0 saturated heterocycles. The molecule has 3 aromatic rings. The van der Waals surface area contributed by atoms with Gasteiger partial charge in [0.15, 0.2) is 28.2 Å². The maximum absolute atomic E-state index is 13.5. The molecule has 4 rings (SSSR count). The zero-order chi connectivity index (χ0) is 30.6. The topological polar surface area (TPSA) is 130 Å². The van der Waals surface area contributed by atoms with Crippen molar-refractivity contribution in [3.05, 3.63) is 46.2 Å². The first kappa shape index (κ1) is 32.0. The molecule has 1 aromatic heterocycles. The van der Waals surface area contributed by atoms with E-state index in [1.165, 1.54) is 11.8 Å². The Labute approximate surface area is 255 Å². The Morgan fingerprint density at radius 3 is 2.49 bits per heavy atom. The van der Waals surface area contributed by atoms with Gasteiger partial charge in [-0.15, -0.1) is 0 Å². The second kappa shape index (κ2) is 16.1. The highest BCUT2D eigenvalue weighted by Crippen LogP contribution is 2.35. The van der Waals surface area contributed by atoms with Gasteiger partial charge in [0.05, 0.1) is 30.9 Å². The second-order valence-corrected chi connectivity index (χ2v) is 11.1. The Morgan fingerprint density at radius 2 is 1.72 bits per heavy atom. The van der Waals surface area contributed by atoms with E-state index in [2.05, 4.69) is 17.6 Å². The van der Waals surface area contributed by atoms with Crippen molar-refractivity contribution in [3.8, 4) is 23.0 Å². The summed E-state index contributed by atoms with van der Waals surface area (Å²) in [7, 11) is 3.19. The minimum Gasteiger partial charge on any atom is -0.493 e. The summed E-state index contributed by atoms with van der Waals surface area (Å²) in [6.45, 7) is 3.75. The van der Waals surface area contributed by atoms with Crippen LogP contribution in [0.15, 0.2) is 40.3 Å². The van der Waals surface area contributed by atoms with Gasteiger partial charge in [0, 0.05) is 32.1 Å². The summed E-state index contributed by atoms with van der Waals surface area (Å²) in [6, 6.07) is 9.10. The number of nitrogens with zero attached hydrogens (tertiary/aromatic N) is 2. The zero-order valence-electron chi connectivity index (χ0n) is 25.0. The van der Waals surface area contributed by atoms with E-state index in [0.29, 0.717) is 84.4 Å². The van der Waals surface area contributed by atoms with Gasteiger partial charge in [-0.3, -0.25) is 19.0 Å². The highest BCUT2D eigenvalue weighted by molar-refractivity contribution is 7.99. The number of hydrogen-bond donors (Lipinski definition) is 2. The van der Waals surface area contributed by atoms with E-state index in [4.69, 9.17) is 23.9 Å². The number of ether oxygens (including phenoxy) is 4. The number of amides is 2. The smallest absolute Gasteiger partial charge is 0.262 e. The fourth-order valence-electron chi connectivity index (χ4n) is 4.69. The van der Waals surface area contributed by atoms with Gasteiger partial charge in [-0.1, -0.05) is 37.6 Å². The van der Waals surface area contributed by atoms with Crippen molar-refractivity contribution in [2.45, 2.75) is 63.6 Å². The molecule has 0 atom stereocenters. The number of benzene rings is 2. The van der Waals surface area contributed by atoms with Gasteiger partial charge in [0.2, 0.25) is 18.6 Å². The van der Waals surface area contributed by atoms with Crippen molar-refractivity contribution in [3.63, 3.8) is 0 Å². The lowest BCUT2D eigenvalue weighted by molar-refractivity contribution is -0.121. The average molecular weight is 613 g/mol. The van der Waals surface area contributed by atoms with Gasteiger partial charge in [0.25, 0.3) is 5.56 Å². The fourth-order valence-corrected chi connectivity index (χ4v) is 5.54. The highest BCUT2D eigenvalue weighted by atomic mass is 32.2. The fraction of sp³-hybridized carbons (Fsp3) is 0.484. The number of fused-ring (bicyclic) bond motifs is 2. The van der Waals surface area contributed by atoms with Crippen LogP contribution < -0.4 is 35.1 Å². The van der Waals surface area contributed by atoms with Crippen molar-refractivity contribution in [2.75, 3.05) is 39.9 Å². The first-order valence-electron chi connectivity index (χ1n) is 14.6. The molecule has 2 amide bonds. The number of thioether (sulfide) groups is 1. The lowest BCUT2D eigenvalue weighted by Crippen LogP contribution is -2.28. The van der Waals surface area contributed by atoms with Crippen LogP contribution in [0.5, 0.6) is 23.0 Å². The van der Waals surface area contributed by atoms with E-state index in [1.807, 2.05) is 18.2 Å². The Balaban J connectivity index is 1.30. The molecule has 1 aliphatic rings. The number of rotatable bonds is 17. The molecule has 2 heterocycles. The Morgan fingerprint density at radius 1 is 0.953 bits per heavy atom. The number of hydrogen-bond acceptors (Lipinski definition) is 9. The molecule has 43 heavy (non-hydrogen) atoms. The van der Waals surface area contributed by atoms with Gasteiger partial charge < -0.3 is 29.6 Å². The van der Waals surface area contributed by atoms with Crippen molar-refractivity contribution in [1.82, 2.24) is 20.2 Å². The predicted octanol–water partition coefficient (Wildman–Crippen LogP) is 4.07. The standard InChI is InChI=1S/C31H40N4O7S/c1-4-5-13-32-29(37)19-43-31-34-23-18-27-26(41-20-42-27)17-22(23)30(38)35(31)15-8-6-7-9-28(36)33-14-12-21-10-11-24(39-2)25(16-21)40-3/h10-11,16-18H,4-9,12-15,19-20H2,1-3H3,(H,32,37)(H,33,36). The number of aromatic nitrogens is 2. The van der Waals surface area contributed by atoms with E-state index in [0.717, 1.165) is 24.8 Å². The SMILES string of the molecule is CCCCNC(=O)CSc1nc2cc3c(cc2c(=O)n1CCCCCC(=O)NCCc1ccc(OC)c(OC)c1)OCO3. The quantitative estimate of drug-likeness (QED) is 0.132. The van der Waals surface area contributed by atoms with Crippen LogP contribution in [0.25, 0.3) is 10.9 Å². The summed E-state index contributed by atoms with van der Waals surface area (Å²) in [5.41, 5.74) is 1.36. The number of carbonyl (C=O) groups is 2. The van der Waals surface area contributed by atoms with E-state index >= 15 is 0 Å². The van der Waals surface area contributed by atoms with Gasteiger partial charge in [-0.05, 0) is 49.4 Å². The molecule has 2 aromatic carbocycles. The number of unbranched alkanes of at least 4 members (excludes halogenated alkanes) is 3. The van der Waals surface area contributed by atoms with Crippen LogP contribution in [0.1, 0.15) is 51.0 Å². The summed E-state index contributed by atoms with van der Waals surface area (Å²) < 4.78 is 23.2. The van der Waals surface area contributed by atoms with Crippen LogP contribution in [0, 0.1) is 0 Å². The lowest BCUT2D eigenvalue weighted by Gasteiger charge is -2.14. The van der Waals surface area contributed by atoms with Crippen LogP contribution in [0.3, 0.4) is 0 Å². The van der Waals surface area contributed by atoms with Crippen LogP contribution in [-0.2, 0) is 22.6 Å². The molecule has 0 radical (unpaired) electrons. The third-order valence-electron chi connectivity index (χ3n) is 7.07. The van der Waals surface area contributed by atoms with Gasteiger partial charge >= 0.3 is 0 Å². The van der Waals surface area contributed by atoms with Crippen LogP contribution in [-0.4, -0.2) is 61.2 Å². The Kier molecular flexibility index (Phi) is 12.0. The largest absolute Gasteiger partial charge is 0.493 e. The van der Waals surface area contributed by atoms with Gasteiger partial charge in [0.1, 0.15) is 0 Å². The zero-order valence-corrected chi connectivity index (χ0v) is 25.8. The number of carbonyl (C=O) groups excluding carboxylic acids is 2. The maximum atomic E-state index is 13.5. The maximum Gasteiger partial charge on any atom is 0.262 e. The van der Waals surface area contributed by atoms with Crippen LogP contribution in [0.4, 0.5) is 0 Å². The Hall–Kier alpha value is -3.93. The first-order valence-corrected chi connectivity index (χ1v) is 15.6. The Bertz CT molecular complexity index is 1480. The second-order valence-electron chi connectivity index (χ2n) is 10.2. The molecule has 232 valence electrons. The average Bonchev–Trinajstić information content (AvgIpc) is 3.47. The molecule has 0 saturated carbocycles. The van der Waals surface area contributed by atoms with Crippen molar-refractivity contribution in [1.29, 1.82) is 0 Å². The monoisotopic (exact) mass is 612 g/mol. The van der Waals surface area contributed by atoms with E-state index in [-0.39, 0.29) is 29.9 Å². The normalized spacial score (nSPS) is 11.9. The lowest BCUT2D eigenvalue weighted by atomic mass is 10.1. The van der Waals surface area contributed by atoms with Crippen molar-refractivity contribution in [2.24, 2.45) is 0 Å². The number of nitrogens with one attached hydrogen (secondary N) is 2. The van der Waals surface area contributed by atoms with Crippen molar-refractivity contribution >= 4 is 34.5 Å². The molecule has 12 heteroatoms. The molecule has 2 N–H and O–H groups in total. The minimum atomic E-state index is -0.190. The predicted molar refractivity (Wildman–Crippen MR) is 165 cm³/mol. The van der Waals surface area contributed by atoms with Gasteiger partial charge in [-0.2, -0.15) is 0 Å². The van der Waals surface area contributed by atoms with Crippen molar-refractivity contribution < 1.29 is 28.5 Å². The number of methoxy groups -OCH3 is 2. The molecule has 11 nitrogen and oxygen atoms in total. The molecule has 0 bridgehead atoms. The van der Waals surface area contributed by atoms with E-state index in [9.17, 15) is 14.4 Å². The minimum absolute atomic E-state index is 0.00794. The third kappa shape index (κ3) is 8.79. The molecule has 1 aliphatic heterocycles. The summed E-state index contributed by atoms with van der Waals surface area (Å²) in [5, 5.41) is 6.79. The molecule has 0 aliphatic carbocycles. The summed E-state index contributed by atoms with van der Waals surface area (Å²) in [4.78, 5) is 43.0. The molecule has 0 spiro atoms. The molecule has 0 fully saturated rings. The molecular weight excluding hydrogens is 572 g/mol. The van der Waals surface area contributed by atoms with Gasteiger partial charge in [-0.25, -0.2) is 4.98 Å². The van der Waals surface area contributed by atoms with Crippen LogP contribution >= 0.6 is 11.8 Å². The first-order chi connectivity index (χ1) is 20.9. The third-order valence-corrected chi connectivity index (χ3v) is 8.04. The summed E-state index contributed by atoms with van der Waals surface area (Å²) >= 11 is 1.24.